The Bertz CT molecular complexity index is 1410. The zero-order valence-corrected chi connectivity index (χ0v) is 20.1. The summed E-state index contributed by atoms with van der Waals surface area (Å²) < 4.78 is 112. The molecule has 0 aliphatic heterocycles. The Kier molecular flexibility index (Phi) is 8.22. The maximum atomic E-state index is 15.1. The standard InChI is InChI=1S/C24H17F7N2O6/c1-11-8-14(22(35)37-3)32-10-15(11)33-21(34)19-17(7-5-13(20(19)25)23(26,27)28)38-16-6-4-12(9-18(16)36-2)39-24(29,30)31/h4-10H,1-3H3,(H,33,34). The van der Waals surface area contributed by atoms with Crippen LogP contribution in [0.5, 0.6) is 23.0 Å². The Morgan fingerprint density at radius 3 is 2.15 bits per heavy atom. The fourth-order valence-electron chi connectivity index (χ4n) is 3.21. The van der Waals surface area contributed by atoms with Crippen LogP contribution in [-0.2, 0) is 10.9 Å². The number of hydrogen-bond acceptors (Lipinski definition) is 7. The number of nitrogens with zero attached hydrogens (tertiary/aromatic N) is 1. The van der Waals surface area contributed by atoms with Crippen LogP contribution in [0.15, 0.2) is 42.6 Å². The number of anilines is 1. The van der Waals surface area contributed by atoms with Crippen LogP contribution in [0.3, 0.4) is 0 Å². The number of nitrogens with one attached hydrogen (secondary N) is 1. The van der Waals surface area contributed by atoms with Gasteiger partial charge in [-0.3, -0.25) is 4.79 Å². The van der Waals surface area contributed by atoms with Crippen molar-refractivity contribution in [3.05, 3.63) is 70.8 Å². The lowest BCUT2D eigenvalue weighted by Crippen LogP contribution is -2.19. The molecule has 3 rings (SSSR count). The summed E-state index contributed by atoms with van der Waals surface area (Å²) in [5.74, 6) is -6.34. The third-order valence-corrected chi connectivity index (χ3v) is 4.98. The monoisotopic (exact) mass is 562 g/mol. The lowest BCUT2D eigenvalue weighted by atomic mass is 10.1. The van der Waals surface area contributed by atoms with Gasteiger partial charge in [0.1, 0.15) is 22.8 Å². The van der Waals surface area contributed by atoms with Crippen molar-refractivity contribution in [2.24, 2.45) is 0 Å². The highest BCUT2D eigenvalue weighted by molar-refractivity contribution is 6.07. The third-order valence-electron chi connectivity index (χ3n) is 4.98. The molecule has 0 aliphatic rings. The highest BCUT2D eigenvalue weighted by atomic mass is 19.4. The van der Waals surface area contributed by atoms with Crippen LogP contribution in [0.25, 0.3) is 0 Å². The fourth-order valence-corrected chi connectivity index (χ4v) is 3.21. The van der Waals surface area contributed by atoms with Gasteiger partial charge in [-0.2, -0.15) is 13.2 Å². The molecule has 8 nitrogen and oxygen atoms in total. The number of alkyl halides is 6. The number of esters is 1. The first-order valence-corrected chi connectivity index (χ1v) is 10.5. The van der Waals surface area contributed by atoms with E-state index in [1.807, 2.05) is 0 Å². The Hall–Kier alpha value is -4.56. The van der Waals surface area contributed by atoms with E-state index in [0.717, 1.165) is 38.6 Å². The molecule has 0 saturated carbocycles. The number of pyridine rings is 1. The average Bonchev–Trinajstić information content (AvgIpc) is 2.83. The van der Waals surface area contributed by atoms with Gasteiger partial charge in [0.2, 0.25) is 0 Å². The summed E-state index contributed by atoms with van der Waals surface area (Å²) in [6.45, 7) is 1.43. The number of methoxy groups -OCH3 is 2. The summed E-state index contributed by atoms with van der Waals surface area (Å²) in [5.41, 5.74) is -2.94. The molecule has 208 valence electrons. The molecule has 1 aromatic heterocycles. The van der Waals surface area contributed by atoms with Crippen molar-refractivity contribution >= 4 is 17.6 Å². The number of rotatable bonds is 7. The van der Waals surface area contributed by atoms with Gasteiger partial charge in [-0.15, -0.1) is 13.2 Å². The number of benzene rings is 2. The van der Waals surface area contributed by atoms with Crippen LogP contribution >= 0.6 is 0 Å². The second-order valence-electron chi connectivity index (χ2n) is 7.59. The normalized spacial score (nSPS) is 11.5. The van der Waals surface area contributed by atoms with Crippen molar-refractivity contribution < 1.29 is 59.3 Å². The van der Waals surface area contributed by atoms with Crippen LogP contribution in [0, 0.1) is 12.7 Å². The number of aromatic nitrogens is 1. The summed E-state index contributed by atoms with van der Waals surface area (Å²) in [6.07, 6.45) is -9.21. The summed E-state index contributed by atoms with van der Waals surface area (Å²) in [4.78, 5) is 28.4. The molecule has 0 radical (unpaired) electrons. The average molecular weight is 562 g/mol. The van der Waals surface area contributed by atoms with E-state index in [2.05, 4.69) is 19.8 Å². The van der Waals surface area contributed by atoms with Gasteiger partial charge in [-0.05, 0) is 42.8 Å². The van der Waals surface area contributed by atoms with Crippen molar-refractivity contribution in [3.8, 4) is 23.0 Å². The number of aryl methyl sites for hydroxylation is 1. The molecule has 0 bridgehead atoms. The van der Waals surface area contributed by atoms with E-state index in [1.165, 1.54) is 13.0 Å². The fraction of sp³-hybridized carbons (Fsp3) is 0.208. The molecule has 2 aromatic carbocycles. The van der Waals surface area contributed by atoms with E-state index in [9.17, 15) is 35.9 Å². The van der Waals surface area contributed by atoms with Gasteiger partial charge in [0.25, 0.3) is 5.91 Å². The summed E-state index contributed by atoms with van der Waals surface area (Å²) in [7, 11) is 2.16. The number of carbonyl (C=O) groups is 2. The number of halogens is 7. The van der Waals surface area contributed by atoms with E-state index in [0.29, 0.717) is 12.1 Å². The molecule has 0 fully saturated rings. The van der Waals surface area contributed by atoms with E-state index >= 15 is 4.39 Å². The van der Waals surface area contributed by atoms with Crippen LogP contribution in [0.2, 0.25) is 0 Å². The molecule has 0 spiro atoms. The van der Waals surface area contributed by atoms with Crippen molar-refractivity contribution in [2.45, 2.75) is 19.5 Å². The van der Waals surface area contributed by atoms with Crippen molar-refractivity contribution in [2.75, 3.05) is 19.5 Å². The summed E-state index contributed by atoms with van der Waals surface area (Å²) in [6, 6.07) is 4.69. The SMILES string of the molecule is COC(=O)c1cc(C)c(NC(=O)c2c(Oc3ccc(OC(F)(F)F)cc3OC)ccc(C(F)(F)F)c2F)cn1. The maximum absolute atomic E-state index is 15.1. The Morgan fingerprint density at radius 1 is 0.923 bits per heavy atom. The van der Waals surface area contributed by atoms with Crippen LogP contribution in [0.4, 0.5) is 36.4 Å². The third kappa shape index (κ3) is 6.86. The van der Waals surface area contributed by atoms with Crippen molar-refractivity contribution in [1.29, 1.82) is 0 Å². The van der Waals surface area contributed by atoms with Gasteiger partial charge >= 0.3 is 18.5 Å². The Balaban J connectivity index is 2.04. The van der Waals surface area contributed by atoms with Crippen LogP contribution < -0.4 is 19.5 Å². The molecule has 0 saturated heterocycles. The number of carbonyl (C=O) groups excluding carboxylic acids is 2. The second-order valence-corrected chi connectivity index (χ2v) is 7.59. The highest BCUT2D eigenvalue weighted by Crippen LogP contribution is 2.41. The predicted molar refractivity (Wildman–Crippen MR) is 119 cm³/mol. The minimum Gasteiger partial charge on any atom is -0.493 e. The van der Waals surface area contributed by atoms with Gasteiger partial charge in [-0.1, -0.05) is 0 Å². The maximum Gasteiger partial charge on any atom is 0.573 e. The smallest absolute Gasteiger partial charge is 0.493 e. The molecule has 0 unspecified atom stereocenters. The van der Waals surface area contributed by atoms with Crippen molar-refractivity contribution in [3.63, 3.8) is 0 Å². The molecule has 1 N–H and O–H groups in total. The molecular weight excluding hydrogens is 545 g/mol. The number of hydrogen-bond donors (Lipinski definition) is 1. The van der Waals surface area contributed by atoms with Gasteiger partial charge in [0, 0.05) is 6.07 Å². The zero-order chi connectivity index (χ0) is 29.1. The Morgan fingerprint density at radius 2 is 1.59 bits per heavy atom. The first-order chi connectivity index (χ1) is 18.1. The molecular formula is C24H17F7N2O6. The first kappa shape index (κ1) is 29.0. The van der Waals surface area contributed by atoms with Crippen LogP contribution in [0.1, 0.15) is 32.0 Å². The second kappa shape index (κ2) is 11.0. The largest absolute Gasteiger partial charge is 0.573 e. The first-order valence-electron chi connectivity index (χ1n) is 10.5. The molecule has 1 amide bonds. The van der Waals surface area contributed by atoms with Crippen molar-refractivity contribution in [1.82, 2.24) is 4.98 Å². The van der Waals surface area contributed by atoms with Gasteiger partial charge in [-0.25, -0.2) is 14.2 Å². The predicted octanol–water partition coefficient (Wildman–Crippen LogP) is 6.29. The van der Waals surface area contributed by atoms with E-state index < -0.39 is 52.9 Å². The molecule has 3 aromatic rings. The zero-order valence-electron chi connectivity index (χ0n) is 20.1. The Labute approximate surface area is 215 Å². The lowest BCUT2D eigenvalue weighted by Gasteiger charge is -2.18. The molecule has 0 atom stereocenters. The lowest BCUT2D eigenvalue weighted by molar-refractivity contribution is -0.274. The van der Waals surface area contributed by atoms with E-state index in [4.69, 9.17) is 9.47 Å². The molecule has 1 heterocycles. The summed E-state index contributed by atoms with van der Waals surface area (Å²) >= 11 is 0. The number of ether oxygens (including phenoxy) is 4. The van der Waals surface area contributed by atoms with Gasteiger partial charge < -0.3 is 24.3 Å². The molecule has 39 heavy (non-hydrogen) atoms. The van der Waals surface area contributed by atoms with Gasteiger partial charge in [0.15, 0.2) is 17.3 Å². The minimum atomic E-state index is -5.19. The van der Waals surface area contributed by atoms with E-state index in [-0.39, 0.29) is 28.4 Å². The topological polar surface area (TPSA) is 96.0 Å². The van der Waals surface area contributed by atoms with E-state index in [1.54, 1.807) is 0 Å². The molecule has 0 aliphatic carbocycles. The highest BCUT2D eigenvalue weighted by Gasteiger charge is 2.38. The molecule has 15 heteroatoms. The summed E-state index contributed by atoms with van der Waals surface area (Å²) in [5, 5.41) is 2.20. The quantitative estimate of drug-likeness (QED) is 0.267. The number of amides is 1. The van der Waals surface area contributed by atoms with Gasteiger partial charge in [0.05, 0.1) is 31.7 Å². The van der Waals surface area contributed by atoms with Crippen LogP contribution in [-0.4, -0.2) is 37.4 Å². The minimum absolute atomic E-state index is 0.0818.